The van der Waals surface area contributed by atoms with Gasteiger partial charge in [0.15, 0.2) is 0 Å². The minimum absolute atomic E-state index is 0.0116. The number of anilines is 1. The number of nitrogens with one attached hydrogen (secondary N) is 1. The van der Waals surface area contributed by atoms with Gasteiger partial charge in [0.2, 0.25) is 11.8 Å². The molecular formula is C17H17N3O2S. The molecule has 1 N–H and O–H groups in total. The Morgan fingerprint density at radius 3 is 2.78 bits per heavy atom. The van der Waals surface area contributed by atoms with E-state index in [-0.39, 0.29) is 11.9 Å². The largest absolute Gasteiger partial charge is 0.481 e. The molecule has 1 atom stereocenters. The molecule has 3 aromatic rings. The highest BCUT2D eigenvalue weighted by molar-refractivity contribution is 7.08. The summed E-state index contributed by atoms with van der Waals surface area (Å²) in [5, 5.41) is 6.98. The molecule has 0 aliphatic heterocycles. The number of thiophene rings is 1. The van der Waals surface area contributed by atoms with Crippen molar-refractivity contribution in [2.75, 3.05) is 12.4 Å². The Kier molecular flexibility index (Phi) is 4.73. The highest BCUT2D eigenvalue weighted by atomic mass is 32.1. The van der Waals surface area contributed by atoms with Crippen LogP contribution in [0.3, 0.4) is 0 Å². The van der Waals surface area contributed by atoms with E-state index in [1.165, 1.54) is 0 Å². The minimum atomic E-state index is -0.0538. The molecular weight excluding hydrogens is 310 g/mol. The van der Waals surface area contributed by atoms with E-state index in [0.717, 1.165) is 5.56 Å². The minimum Gasteiger partial charge on any atom is -0.481 e. The van der Waals surface area contributed by atoms with Gasteiger partial charge in [0.05, 0.1) is 31.5 Å². The van der Waals surface area contributed by atoms with E-state index in [2.05, 4.69) is 21.7 Å². The molecule has 3 aromatic heterocycles. The maximum Gasteiger partial charge on any atom is 0.226 e. The number of carbonyl (C=O) groups excluding carboxylic acids is 1. The van der Waals surface area contributed by atoms with Crippen molar-refractivity contribution >= 4 is 22.9 Å². The second kappa shape index (κ2) is 7.11. The van der Waals surface area contributed by atoms with Crippen molar-refractivity contribution in [3.63, 3.8) is 0 Å². The zero-order valence-electron chi connectivity index (χ0n) is 12.7. The smallest absolute Gasteiger partial charge is 0.226 e. The van der Waals surface area contributed by atoms with Gasteiger partial charge >= 0.3 is 0 Å². The monoisotopic (exact) mass is 327 g/mol. The average molecular weight is 327 g/mol. The van der Waals surface area contributed by atoms with Crippen molar-refractivity contribution in [2.45, 2.75) is 12.5 Å². The summed E-state index contributed by atoms with van der Waals surface area (Å²) in [4.78, 5) is 16.5. The van der Waals surface area contributed by atoms with Crippen LogP contribution in [0.1, 0.15) is 18.0 Å². The molecule has 0 saturated heterocycles. The van der Waals surface area contributed by atoms with Gasteiger partial charge in [-0.25, -0.2) is 4.98 Å². The van der Waals surface area contributed by atoms with Crippen LogP contribution < -0.4 is 10.1 Å². The fraction of sp³-hybridized carbons (Fsp3) is 0.176. The van der Waals surface area contributed by atoms with Crippen molar-refractivity contribution in [2.24, 2.45) is 0 Å². The summed E-state index contributed by atoms with van der Waals surface area (Å²) in [5.41, 5.74) is 1.79. The number of methoxy groups -OCH3 is 1. The lowest BCUT2D eigenvalue weighted by molar-refractivity contribution is -0.116. The first-order chi connectivity index (χ1) is 11.3. The summed E-state index contributed by atoms with van der Waals surface area (Å²) in [6.07, 6.45) is 5.90. The topological polar surface area (TPSA) is 56.1 Å². The van der Waals surface area contributed by atoms with Crippen LogP contribution in [0, 0.1) is 0 Å². The molecule has 1 unspecified atom stereocenters. The van der Waals surface area contributed by atoms with Gasteiger partial charge in [-0.2, -0.15) is 11.3 Å². The van der Waals surface area contributed by atoms with Crippen molar-refractivity contribution in [3.05, 3.63) is 65.2 Å². The molecule has 6 heteroatoms. The first-order valence-corrected chi connectivity index (χ1v) is 8.15. The third-order valence-electron chi connectivity index (χ3n) is 3.52. The number of aromatic nitrogens is 2. The van der Waals surface area contributed by atoms with Crippen molar-refractivity contribution in [1.82, 2.24) is 9.55 Å². The molecule has 0 aromatic carbocycles. The van der Waals surface area contributed by atoms with E-state index < -0.39 is 0 Å². The molecule has 0 saturated carbocycles. The number of hydrogen-bond acceptors (Lipinski definition) is 4. The van der Waals surface area contributed by atoms with E-state index in [4.69, 9.17) is 4.74 Å². The maximum atomic E-state index is 12.4. The molecule has 0 spiro atoms. The summed E-state index contributed by atoms with van der Waals surface area (Å²) in [5.74, 6) is 0.466. The predicted molar refractivity (Wildman–Crippen MR) is 90.9 cm³/mol. The highest BCUT2D eigenvalue weighted by Crippen LogP contribution is 2.25. The van der Waals surface area contributed by atoms with Crippen LogP contribution in [-0.4, -0.2) is 22.6 Å². The molecule has 0 radical (unpaired) electrons. The van der Waals surface area contributed by atoms with Crippen LogP contribution in [0.4, 0.5) is 5.69 Å². The SMILES string of the molecule is COc1ccc(NC(=O)CC(c2ccsc2)n2cccc2)cn1. The third-order valence-corrected chi connectivity index (χ3v) is 4.22. The number of ether oxygens (including phenoxy) is 1. The molecule has 3 rings (SSSR count). The number of pyridine rings is 1. The number of nitrogens with zero attached hydrogens (tertiary/aromatic N) is 2. The predicted octanol–water partition coefficient (Wildman–Crippen LogP) is 3.57. The summed E-state index contributed by atoms with van der Waals surface area (Å²) in [6, 6.07) is 9.46. The Bertz CT molecular complexity index is 703. The van der Waals surface area contributed by atoms with Gasteiger partial charge in [-0.3, -0.25) is 4.79 Å². The summed E-state index contributed by atoms with van der Waals surface area (Å²) in [7, 11) is 1.56. The summed E-state index contributed by atoms with van der Waals surface area (Å²) in [6.45, 7) is 0. The Labute approximate surface area is 138 Å². The first kappa shape index (κ1) is 15.3. The molecule has 0 bridgehead atoms. The molecule has 3 heterocycles. The van der Waals surface area contributed by atoms with Crippen molar-refractivity contribution < 1.29 is 9.53 Å². The van der Waals surface area contributed by atoms with Crippen LogP contribution in [0.5, 0.6) is 5.88 Å². The molecule has 118 valence electrons. The molecule has 0 aliphatic rings. The molecule has 1 amide bonds. The number of rotatable bonds is 6. The Hall–Kier alpha value is -2.60. The standard InChI is InChI=1S/C17H17N3O2S/c1-22-17-5-4-14(11-18-17)19-16(21)10-15(13-6-9-23-12-13)20-7-2-3-8-20/h2-9,11-12,15H,10H2,1H3,(H,19,21). The third kappa shape index (κ3) is 3.78. The maximum absolute atomic E-state index is 12.4. The van der Waals surface area contributed by atoms with E-state index in [0.29, 0.717) is 18.0 Å². The Balaban J connectivity index is 1.71. The molecule has 0 aliphatic carbocycles. The van der Waals surface area contributed by atoms with Crippen molar-refractivity contribution in [3.8, 4) is 5.88 Å². The van der Waals surface area contributed by atoms with Crippen molar-refractivity contribution in [1.29, 1.82) is 0 Å². The zero-order chi connectivity index (χ0) is 16.1. The van der Waals surface area contributed by atoms with Gasteiger partial charge in [-0.05, 0) is 40.6 Å². The quantitative estimate of drug-likeness (QED) is 0.753. The van der Waals surface area contributed by atoms with Gasteiger partial charge in [0.1, 0.15) is 0 Å². The van der Waals surface area contributed by atoms with Crippen LogP contribution in [0.2, 0.25) is 0 Å². The Morgan fingerprint density at radius 2 is 2.17 bits per heavy atom. The van der Waals surface area contributed by atoms with E-state index >= 15 is 0 Å². The summed E-state index contributed by atoms with van der Waals surface area (Å²) >= 11 is 1.63. The van der Waals surface area contributed by atoms with E-state index in [1.807, 2.05) is 34.5 Å². The second-order valence-corrected chi connectivity index (χ2v) is 5.82. The lowest BCUT2D eigenvalue weighted by Crippen LogP contribution is -2.19. The lowest BCUT2D eigenvalue weighted by Gasteiger charge is -2.18. The van der Waals surface area contributed by atoms with Crippen LogP contribution in [0.15, 0.2) is 59.7 Å². The van der Waals surface area contributed by atoms with Gasteiger partial charge in [-0.1, -0.05) is 0 Å². The summed E-state index contributed by atoms with van der Waals surface area (Å²) < 4.78 is 7.06. The second-order valence-electron chi connectivity index (χ2n) is 5.04. The number of carbonyl (C=O) groups is 1. The fourth-order valence-electron chi connectivity index (χ4n) is 2.38. The lowest BCUT2D eigenvalue weighted by atomic mass is 10.1. The van der Waals surface area contributed by atoms with Gasteiger partial charge < -0.3 is 14.6 Å². The van der Waals surface area contributed by atoms with Gasteiger partial charge in [-0.15, -0.1) is 0 Å². The first-order valence-electron chi connectivity index (χ1n) is 7.20. The Morgan fingerprint density at radius 1 is 1.35 bits per heavy atom. The fourth-order valence-corrected chi connectivity index (χ4v) is 3.09. The molecule has 23 heavy (non-hydrogen) atoms. The van der Waals surface area contributed by atoms with E-state index in [1.54, 1.807) is 36.8 Å². The van der Waals surface area contributed by atoms with Crippen LogP contribution in [0.25, 0.3) is 0 Å². The molecule has 0 fully saturated rings. The zero-order valence-corrected chi connectivity index (χ0v) is 13.5. The van der Waals surface area contributed by atoms with E-state index in [9.17, 15) is 4.79 Å². The average Bonchev–Trinajstić information content (AvgIpc) is 3.27. The number of hydrogen-bond donors (Lipinski definition) is 1. The normalized spacial score (nSPS) is 11.9. The van der Waals surface area contributed by atoms with Crippen LogP contribution >= 0.6 is 11.3 Å². The highest BCUT2D eigenvalue weighted by Gasteiger charge is 2.18. The van der Waals surface area contributed by atoms with Gasteiger partial charge in [0, 0.05) is 18.5 Å². The molecule has 5 nitrogen and oxygen atoms in total. The number of amides is 1. The van der Waals surface area contributed by atoms with Crippen LogP contribution in [-0.2, 0) is 4.79 Å². The van der Waals surface area contributed by atoms with Gasteiger partial charge in [0.25, 0.3) is 0 Å².